The third kappa shape index (κ3) is 6.23. The number of hydrogen-bond acceptors (Lipinski definition) is 4. The lowest BCUT2D eigenvalue weighted by Crippen LogP contribution is -2.32. The van der Waals surface area contributed by atoms with E-state index in [4.69, 9.17) is 4.74 Å². The highest BCUT2D eigenvalue weighted by atomic mass is 32.2. The molecule has 104 valence electrons. The maximum absolute atomic E-state index is 12.0. The molecule has 4 nitrogen and oxygen atoms in total. The van der Waals surface area contributed by atoms with Gasteiger partial charge in [-0.25, -0.2) is 4.18 Å². The molecular weight excluding hydrogens is 261 g/mol. The van der Waals surface area contributed by atoms with E-state index in [2.05, 4.69) is 4.18 Å². The zero-order valence-corrected chi connectivity index (χ0v) is 11.0. The fourth-order valence-corrected chi connectivity index (χ4v) is 1.34. The van der Waals surface area contributed by atoms with Crippen LogP contribution < -0.4 is 0 Å². The summed E-state index contributed by atoms with van der Waals surface area (Å²) in [4.78, 5) is 0. The first-order valence-electron chi connectivity index (χ1n) is 5.00. The van der Waals surface area contributed by atoms with E-state index >= 15 is 0 Å². The Balaban J connectivity index is 4.53. The second-order valence-corrected chi connectivity index (χ2v) is 6.27. The normalized spacial score (nSPS) is 15.9. The van der Waals surface area contributed by atoms with Crippen LogP contribution in [0, 0.1) is 5.41 Å². The second-order valence-electron chi connectivity index (χ2n) is 4.71. The third-order valence-corrected chi connectivity index (χ3v) is 2.59. The van der Waals surface area contributed by atoms with Crippen molar-refractivity contribution in [3.05, 3.63) is 0 Å². The molecule has 0 saturated carbocycles. The van der Waals surface area contributed by atoms with Crippen LogP contribution in [-0.2, 0) is 19.0 Å². The summed E-state index contributed by atoms with van der Waals surface area (Å²) in [6.07, 6.45) is -1.41. The summed E-state index contributed by atoms with van der Waals surface area (Å²) in [6.45, 7) is 6.98. The summed E-state index contributed by atoms with van der Waals surface area (Å²) in [6, 6.07) is 0. The number of rotatable bonds is 5. The fourth-order valence-electron chi connectivity index (χ4n) is 0.752. The van der Waals surface area contributed by atoms with Crippen molar-refractivity contribution in [1.82, 2.24) is 0 Å². The molecule has 0 rings (SSSR count). The van der Waals surface area contributed by atoms with Crippen LogP contribution in [-0.4, -0.2) is 26.8 Å². The maximum Gasteiger partial charge on any atom is 0.523 e. The summed E-state index contributed by atoms with van der Waals surface area (Å²) in [5.74, 6) is 0. The van der Waals surface area contributed by atoms with E-state index in [0.717, 1.165) is 0 Å². The van der Waals surface area contributed by atoms with Gasteiger partial charge in [0, 0.05) is 0 Å². The van der Waals surface area contributed by atoms with Crippen molar-refractivity contribution in [3.8, 4) is 0 Å². The van der Waals surface area contributed by atoms with Crippen LogP contribution in [0.2, 0.25) is 0 Å². The van der Waals surface area contributed by atoms with Crippen molar-refractivity contribution < 1.29 is 30.5 Å². The van der Waals surface area contributed by atoms with Gasteiger partial charge in [0.25, 0.3) is 0 Å². The summed E-state index contributed by atoms with van der Waals surface area (Å²) in [5.41, 5.74) is -5.72. The lowest BCUT2D eigenvalue weighted by atomic mass is 9.99. The standard InChI is InChI=1S/C9H17F3O4S/c1-5-7(15-6-8(2,3)4)16-17(13,14)9(10,11)12/h7H,5-6H2,1-4H3. The van der Waals surface area contributed by atoms with E-state index in [0.29, 0.717) is 0 Å². The Hall–Kier alpha value is -0.340. The first kappa shape index (κ1) is 16.7. The van der Waals surface area contributed by atoms with Crippen LogP contribution in [0.4, 0.5) is 13.2 Å². The van der Waals surface area contributed by atoms with E-state index in [1.807, 2.05) is 0 Å². The second kappa shape index (κ2) is 5.53. The van der Waals surface area contributed by atoms with E-state index in [1.54, 1.807) is 20.8 Å². The average molecular weight is 278 g/mol. The minimum absolute atomic E-state index is 0.00535. The molecule has 1 atom stereocenters. The van der Waals surface area contributed by atoms with Gasteiger partial charge in [-0.2, -0.15) is 21.6 Å². The van der Waals surface area contributed by atoms with Gasteiger partial charge in [-0.1, -0.05) is 27.7 Å². The molecular formula is C9H17F3O4S. The lowest BCUT2D eigenvalue weighted by molar-refractivity contribution is -0.118. The molecule has 0 aromatic carbocycles. The van der Waals surface area contributed by atoms with Gasteiger partial charge in [-0.05, 0) is 11.8 Å². The molecule has 0 aromatic heterocycles. The van der Waals surface area contributed by atoms with Gasteiger partial charge in [0.05, 0.1) is 6.61 Å². The van der Waals surface area contributed by atoms with Crippen molar-refractivity contribution in [1.29, 1.82) is 0 Å². The molecule has 0 bridgehead atoms. The lowest BCUT2D eigenvalue weighted by Gasteiger charge is -2.23. The molecule has 17 heavy (non-hydrogen) atoms. The molecule has 0 aliphatic carbocycles. The minimum atomic E-state index is -5.60. The maximum atomic E-state index is 12.0. The molecule has 0 amide bonds. The summed E-state index contributed by atoms with van der Waals surface area (Å²) in [5, 5.41) is 0. The van der Waals surface area contributed by atoms with Crippen LogP contribution >= 0.6 is 0 Å². The summed E-state index contributed by atoms with van der Waals surface area (Å²) >= 11 is 0. The van der Waals surface area contributed by atoms with Crippen LogP contribution in [0.25, 0.3) is 0 Å². The number of hydrogen-bond donors (Lipinski definition) is 0. The van der Waals surface area contributed by atoms with Gasteiger partial charge in [0.2, 0.25) is 0 Å². The topological polar surface area (TPSA) is 52.6 Å². The third-order valence-electron chi connectivity index (χ3n) is 1.55. The Morgan fingerprint density at radius 3 is 1.94 bits per heavy atom. The van der Waals surface area contributed by atoms with Crippen molar-refractivity contribution in [3.63, 3.8) is 0 Å². The van der Waals surface area contributed by atoms with Crippen LogP contribution in [0.15, 0.2) is 0 Å². The zero-order valence-electron chi connectivity index (χ0n) is 10.2. The first-order chi connectivity index (χ1) is 7.39. The number of alkyl halides is 3. The van der Waals surface area contributed by atoms with E-state index in [-0.39, 0.29) is 18.4 Å². The summed E-state index contributed by atoms with van der Waals surface area (Å²) < 4.78 is 66.5. The molecule has 0 heterocycles. The van der Waals surface area contributed by atoms with Crippen molar-refractivity contribution >= 4 is 10.1 Å². The highest BCUT2D eigenvalue weighted by molar-refractivity contribution is 7.87. The van der Waals surface area contributed by atoms with Gasteiger partial charge in [-0.15, -0.1) is 0 Å². The van der Waals surface area contributed by atoms with Gasteiger partial charge < -0.3 is 4.74 Å². The predicted molar refractivity (Wildman–Crippen MR) is 55.5 cm³/mol. The average Bonchev–Trinajstić information content (AvgIpc) is 2.08. The van der Waals surface area contributed by atoms with Crippen LogP contribution in [0.5, 0.6) is 0 Å². The quantitative estimate of drug-likeness (QED) is 0.441. The summed E-state index contributed by atoms with van der Waals surface area (Å²) in [7, 11) is -5.60. The molecule has 8 heteroatoms. The molecule has 0 aliphatic rings. The molecule has 0 N–H and O–H groups in total. The van der Waals surface area contributed by atoms with Crippen molar-refractivity contribution in [2.75, 3.05) is 6.61 Å². The Labute approximate surface area is 99.2 Å². The Kier molecular flexibility index (Phi) is 5.42. The largest absolute Gasteiger partial charge is 0.523 e. The Morgan fingerprint density at radius 2 is 1.65 bits per heavy atom. The molecule has 1 unspecified atom stereocenters. The number of halogens is 3. The van der Waals surface area contributed by atoms with Crippen molar-refractivity contribution in [2.24, 2.45) is 5.41 Å². The monoisotopic (exact) mass is 278 g/mol. The fraction of sp³-hybridized carbons (Fsp3) is 1.00. The van der Waals surface area contributed by atoms with Gasteiger partial charge >= 0.3 is 15.6 Å². The predicted octanol–water partition coefficient (Wildman–Crippen LogP) is 2.65. The number of ether oxygens (including phenoxy) is 1. The SMILES string of the molecule is CCC(OCC(C)(C)C)OS(=O)(=O)C(F)(F)F. The van der Waals surface area contributed by atoms with E-state index in [1.165, 1.54) is 6.92 Å². The molecule has 0 aliphatic heterocycles. The molecule has 0 fully saturated rings. The van der Waals surface area contributed by atoms with Crippen molar-refractivity contribution in [2.45, 2.75) is 45.9 Å². The van der Waals surface area contributed by atoms with E-state index in [9.17, 15) is 21.6 Å². The molecule has 0 saturated heterocycles. The highest BCUT2D eigenvalue weighted by Crippen LogP contribution is 2.27. The molecule has 0 aromatic rings. The molecule has 0 spiro atoms. The van der Waals surface area contributed by atoms with Gasteiger partial charge in [0.1, 0.15) is 0 Å². The van der Waals surface area contributed by atoms with E-state index < -0.39 is 21.9 Å². The van der Waals surface area contributed by atoms with Gasteiger partial charge in [-0.3, -0.25) is 0 Å². The zero-order chi connectivity index (χ0) is 13.9. The van der Waals surface area contributed by atoms with Crippen LogP contribution in [0.1, 0.15) is 34.1 Å². The first-order valence-corrected chi connectivity index (χ1v) is 6.41. The van der Waals surface area contributed by atoms with Gasteiger partial charge in [0.15, 0.2) is 6.29 Å². The highest BCUT2D eigenvalue weighted by Gasteiger charge is 2.48. The Bertz CT molecular complexity index is 329. The Morgan fingerprint density at radius 1 is 1.18 bits per heavy atom. The van der Waals surface area contributed by atoms with Crippen LogP contribution in [0.3, 0.4) is 0 Å². The smallest absolute Gasteiger partial charge is 0.351 e. The minimum Gasteiger partial charge on any atom is -0.351 e. The molecule has 0 radical (unpaired) electrons.